The number of carbonyl (C=O) groups excluding carboxylic acids is 1. The van der Waals surface area contributed by atoms with Gasteiger partial charge in [0.15, 0.2) is 12.4 Å². The number of rotatable bonds is 8. The van der Waals surface area contributed by atoms with E-state index in [0.29, 0.717) is 11.5 Å². The number of hydrazone groups is 1. The zero-order chi connectivity index (χ0) is 20.5. The Morgan fingerprint density at radius 2 is 1.72 bits per heavy atom. The van der Waals surface area contributed by atoms with Crippen molar-refractivity contribution in [2.24, 2.45) is 5.10 Å². The average molecular weight is 391 g/mol. The van der Waals surface area contributed by atoms with E-state index in [1.807, 2.05) is 36.4 Å². The van der Waals surface area contributed by atoms with Crippen LogP contribution in [-0.4, -0.2) is 23.7 Å². The van der Waals surface area contributed by atoms with E-state index >= 15 is 0 Å². The Balaban J connectivity index is 1.53. The van der Waals surface area contributed by atoms with Crippen LogP contribution in [0.25, 0.3) is 0 Å². The van der Waals surface area contributed by atoms with E-state index in [1.54, 1.807) is 24.3 Å². The fourth-order valence-corrected chi connectivity index (χ4v) is 2.37. The molecule has 29 heavy (non-hydrogen) atoms. The Hall–Kier alpha value is -4.20. The van der Waals surface area contributed by atoms with Crippen molar-refractivity contribution in [1.82, 2.24) is 5.43 Å². The van der Waals surface area contributed by atoms with E-state index in [2.05, 4.69) is 10.5 Å². The molecule has 0 aromatic heterocycles. The fraction of sp³-hybridized carbons (Fsp3) is 0.0476. The highest BCUT2D eigenvalue weighted by atomic mass is 16.6. The minimum Gasteiger partial charge on any atom is -0.477 e. The van der Waals surface area contributed by atoms with Gasteiger partial charge in [0.1, 0.15) is 11.5 Å². The Morgan fingerprint density at radius 1 is 1.00 bits per heavy atom. The maximum atomic E-state index is 11.9. The van der Waals surface area contributed by atoms with Crippen molar-refractivity contribution < 1.29 is 19.2 Å². The number of nitrogens with zero attached hydrogens (tertiary/aromatic N) is 2. The normalized spacial score (nSPS) is 10.5. The summed E-state index contributed by atoms with van der Waals surface area (Å²) in [5, 5.41) is 14.8. The number of ether oxygens (including phenoxy) is 2. The SMILES string of the molecule is O=C(COc1ccccc1[N+](=O)[O-])N/N=C\c1cccc(Oc2ccccc2)c1. The van der Waals surface area contributed by atoms with E-state index in [0.717, 1.165) is 5.56 Å². The number of hydrogen-bond donors (Lipinski definition) is 1. The van der Waals surface area contributed by atoms with Crippen LogP contribution in [0.5, 0.6) is 17.2 Å². The molecule has 3 aromatic carbocycles. The van der Waals surface area contributed by atoms with Crippen LogP contribution in [0.15, 0.2) is 84.0 Å². The first-order chi connectivity index (χ1) is 14.1. The van der Waals surface area contributed by atoms with Crippen molar-refractivity contribution in [2.45, 2.75) is 0 Å². The first-order valence-corrected chi connectivity index (χ1v) is 8.63. The van der Waals surface area contributed by atoms with Gasteiger partial charge in [0.25, 0.3) is 5.91 Å². The fourth-order valence-electron chi connectivity index (χ4n) is 2.37. The number of nitro groups is 1. The van der Waals surface area contributed by atoms with E-state index in [9.17, 15) is 14.9 Å². The summed E-state index contributed by atoms with van der Waals surface area (Å²) in [7, 11) is 0. The lowest BCUT2D eigenvalue weighted by Crippen LogP contribution is -2.24. The lowest BCUT2D eigenvalue weighted by atomic mass is 10.2. The van der Waals surface area contributed by atoms with Crippen LogP contribution in [0.1, 0.15) is 5.56 Å². The molecule has 0 saturated carbocycles. The molecule has 0 heterocycles. The lowest BCUT2D eigenvalue weighted by molar-refractivity contribution is -0.385. The van der Waals surface area contributed by atoms with Crippen molar-refractivity contribution in [3.05, 3.63) is 94.5 Å². The zero-order valence-corrected chi connectivity index (χ0v) is 15.2. The number of nitro benzene ring substituents is 1. The molecule has 1 amide bonds. The summed E-state index contributed by atoms with van der Waals surface area (Å²) >= 11 is 0. The average Bonchev–Trinajstić information content (AvgIpc) is 2.73. The summed E-state index contributed by atoms with van der Waals surface area (Å²) < 4.78 is 10.9. The molecule has 1 N–H and O–H groups in total. The third-order valence-electron chi connectivity index (χ3n) is 3.66. The lowest BCUT2D eigenvalue weighted by Gasteiger charge is -2.06. The minimum atomic E-state index is -0.574. The zero-order valence-electron chi connectivity index (χ0n) is 15.2. The van der Waals surface area contributed by atoms with Gasteiger partial charge in [-0.15, -0.1) is 0 Å². The Morgan fingerprint density at radius 3 is 2.52 bits per heavy atom. The van der Waals surface area contributed by atoms with Gasteiger partial charge >= 0.3 is 5.69 Å². The van der Waals surface area contributed by atoms with Gasteiger partial charge < -0.3 is 9.47 Å². The first kappa shape index (κ1) is 19.6. The van der Waals surface area contributed by atoms with Gasteiger partial charge in [-0.1, -0.05) is 42.5 Å². The van der Waals surface area contributed by atoms with Gasteiger partial charge in [0, 0.05) is 6.07 Å². The molecule has 0 bridgehead atoms. The molecule has 3 rings (SSSR count). The van der Waals surface area contributed by atoms with Crippen LogP contribution in [0.2, 0.25) is 0 Å². The van der Waals surface area contributed by atoms with Crippen molar-refractivity contribution >= 4 is 17.8 Å². The van der Waals surface area contributed by atoms with E-state index in [1.165, 1.54) is 24.4 Å². The molecular weight excluding hydrogens is 374 g/mol. The molecular formula is C21H17N3O5. The van der Waals surface area contributed by atoms with Crippen molar-refractivity contribution in [3.8, 4) is 17.2 Å². The summed E-state index contributed by atoms with van der Waals surface area (Å²) in [6, 6.07) is 22.4. The maximum absolute atomic E-state index is 11.9. The second kappa shape index (κ2) is 9.65. The molecule has 146 valence electrons. The van der Waals surface area contributed by atoms with Crippen LogP contribution in [0, 0.1) is 10.1 Å². The smallest absolute Gasteiger partial charge is 0.310 e. The number of amides is 1. The molecule has 0 aliphatic heterocycles. The highest BCUT2D eigenvalue weighted by Crippen LogP contribution is 2.25. The topological polar surface area (TPSA) is 103 Å². The molecule has 0 aliphatic carbocycles. The molecule has 0 radical (unpaired) electrons. The molecule has 3 aromatic rings. The second-order valence-electron chi connectivity index (χ2n) is 5.79. The largest absolute Gasteiger partial charge is 0.477 e. The second-order valence-corrected chi connectivity index (χ2v) is 5.79. The number of hydrogen-bond acceptors (Lipinski definition) is 6. The van der Waals surface area contributed by atoms with Crippen LogP contribution in [0.4, 0.5) is 5.69 Å². The third kappa shape index (κ3) is 5.90. The predicted molar refractivity (Wildman–Crippen MR) is 107 cm³/mol. The van der Waals surface area contributed by atoms with Gasteiger partial charge in [-0.05, 0) is 35.9 Å². The van der Waals surface area contributed by atoms with Crippen LogP contribution >= 0.6 is 0 Å². The molecule has 8 heteroatoms. The molecule has 0 spiro atoms. The molecule has 0 unspecified atom stereocenters. The van der Waals surface area contributed by atoms with E-state index in [-0.39, 0.29) is 11.4 Å². The first-order valence-electron chi connectivity index (χ1n) is 8.63. The highest BCUT2D eigenvalue weighted by Gasteiger charge is 2.14. The molecule has 8 nitrogen and oxygen atoms in total. The highest BCUT2D eigenvalue weighted by molar-refractivity contribution is 5.83. The Labute approximate surface area is 166 Å². The predicted octanol–water partition coefficient (Wildman–Crippen LogP) is 3.92. The monoisotopic (exact) mass is 391 g/mol. The number of nitrogens with one attached hydrogen (secondary N) is 1. The standard InChI is InChI=1S/C21H17N3O5/c25-21(15-28-20-12-5-4-11-19(20)24(26)27)23-22-14-16-7-6-10-18(13-16)29-17-8-2-1-3-9-17/h1-14H,15H2,(H,23,25)/b22-14-. The summed E-state index contributed by atoms with van der Waals surface area (Å²) in [6.45, 7) is -0.403. The Bertz CT molecular complexity index is 1020. The number of carbonyl (C=O) groups is 1. The quantitative estimate of drug-likeness (QED) is 0.356. The summed E-state index contributed by atoms with van der Waals surface area (Å²) in [6.07, 6.45) is 1.46. The number of para-hydroxylation sites is 3. The van der Waals surface area contributed by atoms with Gasteiger partial charge in [-0.25, -0.2) is 5.43 Å². The van der Waals surface area contributed by atoms with Gasteiger partial charge in [-0.3, -0.25) is 14.9 Å². The van der Waals surface area contributed by atoms with Crippen LogP contribution < -0.4 is 14.9 Å². The van der Waals surface area contributed by atoms with Gasteiger partial charge in [-0.2, -0.15) is 5.10 Å². The molecule has 0 aliphatic rings. The van der Waals surface area contributed by atoms with Gasteiger partial charge in [0.2, 0.25) is 0 Å². The molecule has 0 saturated heterocycles. The number of benzene rings is 3. The maximum Gasteiger partial charge on any atom is 0.310 e. The van der Waals surface area contributed by atoms with Crippen LogP contribution in [0.3, 0.4) is 0 Å². The van der Waals surface area contributed by atoms with E-state index < -0.39 is 17.4 Å². The summed E-state index contributed by atoms with van der Waals surface area (Å²) in [5.74, 6) is 0.812. The Kier molecular flexibility index (Phi) is 6.51. The molecule has 0 atom stereocenters. The van der Waals surface area contributed by atoms with Crippen molar-refractivity contribution in [3.63, 3.8) is 0 Å². The van der Waals surface area contributed by atoms with E-state index in [4.69, 9.17) is 9.47 Å². The van der Waals surface area contributed by atoms with Crippen LogP contribution in [-0.2, 0) is 4.79 Å². The minimum absolute atomic E-state index is 0.0161. The van der Waals surface area contributed by atoms with Gasteiger partial charge in [0.05, 0.1) is 11.1 Å². The summed E-state index contributed by atoms with van der Waals surface area (Å²) in [5.41, 5.74) is 2.83. The third-order valence-corrected chi connectivity index (χ3v) is 3.66. The molecule has 0 fully saturated rings. The summed E-state index contributed by atoms with van der Waals surface area (Å²) in [4.78, 5) is 22.2. The van der Waals surface area contributed by atoms with Crippen molar-refractivity contribution in [1.29, 1.82) is 0 Å². The van der Waals surface area contributed by atoms with Crippen molar-refractivity contribution in [2.75, 3.05) is 6.61 Å².